The molecule has 0 fully saturated rings. The standard InChI is InChI=1S/C20H19ClF2O3/c1-11(18(24)12-5-7-13(8-6-12)20(2,3)4)26-19(25)14-9-16(22)17(23)10-15(14)21/h5-11H,1-4H3/t11-/m0/s1. The summed E-state index contributed by atoms with van der Waals surface area (Å²) in [4.78, 5) is 24.5. The molecule has 0 radical (unpaired) electrons. The third-order valence-corrected chi connectivity index (χ3v) is 4.23. The Hall–Kier alpha value is -2.27. The average molecular weight is 381 g/mol. The number of benzene rings is 2. The number of halogens is 3. The number of ketones is 1. The van der Waals surface area contributed by atoms with E-state index in [4.69, 9.17) is 16.3 Å². The van der Waals surface area contributed by atoms with Gasteiger partial charge in [-0.05, 0) is 30.0 Å². The Bertz CT molecular complexity index is 839. The Labute approximate surface area is 155 Å². The van der Waals surface area contributed by atoms with Gasteiger partial charge in [0.25, 0.3) is 0 Å². The minimum absolute atomic E-state index is 0.0525. The molecule has 0 aliphatic heterocycles. The van der Waals surface area contributed by atoms with E-state index in [9.17, 15) is 18.4 Å². The van der Waals surface area contributed by atoms with Crippen molar-refractivity contribution >= 4 is 23.4 Å². The van der Waals surface area contributed by atoms with Gasteiger partial charge >= 0.3 is 5.97 Å². The summed E-state index contributed by atoms with van der Waals surface area (Å²) in [6.07, 6.45) is -1.10. The van der Waals surface area contributed by atoms with Crippen LogP contribution in [0, 0.1) is 11.6 Å². The van der Waals surface area contributed by atoms with Crippen molar-refractivity contribution in [2.75, 3.05) is 0 Å². The van der Waals surface area contributed by atoms with Gasteiger partial charge in [-0.3, -0.25) is 4.79 Å². The van der Waals surface area contributed by atoms with E-state index in [-0.39, 0.29) is 16.0 Å². The van der Waals surface area contributed by atoms with Gasteiger partial charge in [0, 0.05) is 5.56 Å². The number of hydrogen-bond donors (Lipinski definition) is 0. The smallest absolute Gasteiger partial charge is 0.340 e. The van der Waals surface area contributed by atoms with Gasteiger partial charge in [-0.15, -0.1) is 0 Å². The number of hydrogen-bond acceptors (Lipinski definition) is 3. The summed E-state index contributed by atoms with van der Waals surface area (Å²) in [7, 11) is 0. The molecule has 0 amide bonds. The zero-order valence-electron chi connectivity index (χ0n) is 14.9. The lowest BCUT2D eigenvalue weighted by Crippen LogP contribution is -2.25. The quantitative estimate of drug-likeness (QED) is 0.408. The lowest BCUT2D eigenvalue weighted by atomic mass is 9.86. The fourth-order valence-corrected chi connectivity index (χ4v) is 2.55. The Kier molecular flexibility index (Phi) is 5.81. The van der Waals surface area contributed by atoms with Crippen molar-refractivity contribution < 1.29 is 23.1 Å². The minimum atomic E-state index is -1.22. The molecule has 0 saturated heterocycles. The van der Waals surface area contributed by atoms with E-state index in [1.54, 1.807) is 12.1 Å². The second-order valence-electron chi connectivity index (χ2n) is 6.99. The van der Waals surface area contributed by atoms with Crippen LogP contribution in [0.5, 0.6) is 0 Å². The van der Waals surface area contributed by atoms with E-state index in [0.29, 0.717) is 17.7 Å². The lowest BCUT2D eigenvalue weighted by molar-refractivity contribution is 0.0318. The predicted molar refractivity (Wildman–Crippen MR) is 95.7 cm³/mol. The number of rotatable bonds is 4. The first-order valence-corrected chi connectivity index (χ1v) is 8.39. The Morgan fingerprint density at radius 2 is 1.58 bits per heavy atom. The summed E-state index contributed by atoms with van der Waals surface area (Å²) in [6, 6.07) is 8.35. The molecule has 0 bridgehead atoms. The maximum absolute atomic E-state index is 13.3. The largest absolute Gasteiger partial charge is 0.451 e. The molecule has 0 saturated carbocycles. The van der Waals surface area contributed by atoms with Gasteiger partial charge in [0.05, 0.1) is 10.6 Å². The van der Waals surface area contributed by atoms with Crippen LogP contribution >= 0.6 is 11.6 Å². The third kappa shape index (κ3) is 4.47. The third-order valence-electron chi connectivity index (χ3n) is 3.92. The van der Waals surface area contributed by atoms with Crippen LogP contribution in [0.25, 0.3) is 0 Å². The maximum atomic E-state index is 13.3. The molecule has 2 aromatic rings. The van der Waals surface area contributed by atoms with Crippen molar-refractivity contribution in [2.24, 2.45) is 0 Å². The minimum Gasteiger partial charge on any atom is -0.451 e. The molecule has 1 atom stereocenters. The molecule has 26 heavy (non-hydrogen) atoms. The number of esters is 1. The van der Waals surface area contributed by atoms with Gasteiger partial charge in [0.2, 0.25) is 5.78 Å². The second-order valence-corrected chi connectivity index (χ2v) is 7.39. The van der Waals surface area contributed by atoms with E-state index in [1.165, 1.54) is 6.92 Å². The molecule has 0 aliphatic rings. The van der Waals surface area contributed by atoms with Gasteiger partial charge in [0.15, 0.2) is 17.7 Å². The van der Waals surface area contributed by atoms with E-state index in [2.05, 4.69) is 20.8 Å². The first kappa shape index (κ1) is 20.0. The molecule has 0 N–H and O–H groups in total. The Balaban J connectivity index is 2.14. The SMILES string of the molecule is C[C@H](OC(=O)c1cc(F)c(F)cc1Cl)C(=O)c1ccc(C(C)(C)C)cc1. The summed E-state index contributed by atoms with van der Waals surface area (Å²) in [5.41, 5.74) is 1.05. The van der Waals surface area contributed by atoms with Crippen molar-refractivity contribution in [3.63, 3.8) is 0 Å². The zero-order valence-corrected chi connectivity index (χ0v) is 15.7. The van der Waals surface area contributed by atoms with Gasteiger partial charge in [-0.1, -0.05) is 56.6 Å². The molecule has 0 aromatic heterocycles. The summed E-state index contributed by atoms with van der Waals surface area (Å²) in [5, 5.41) is -0.289. The summed E-state index contributed by atoms with van der Waals surface area (Å²) < 4.78 is 31.5. The first-order valence-electron chi connectivity index (χ1n) is 8.01. The highest BCUT2D eigenvalue weighted by atomic mass is 35.5. The molecule has 0 aliphatic carbocycles. The van der Waals surface area contributed by atoms with E-state index < -0.39 is 29.5 Å². The Morgan fingerprint density at radius 3 is 2.12 bits per heavy atom. The van der Waals surface area contributed by atoms with Crippen LogP contribution < -0.4 is 0 Å². The highest BCUT2D eigenvalue weighted by Crippen LogP contribution is 2.24. The fraction of sp³-hybridized carbons (Fsp3) is 0.300. The van der Waals surface area contributed by atoms with Crippen LogP contribution in [0.1, 0.15) is 54.0 Å². The number of carbonyl (C=O) groups excluding carboxylic acids is 2. The normalized spacial score (nSPS) is 12.6. The van der Waals surface area contributed by atoms with Crippen molar-refractivity contribution in [3.8, 4) is 0 Å². The van der Waals surface area contributed by atoms with Crippen LogP contribution in [0.3, 0.4) is 0 Å². The maximum Gasteiger partial charge on any atom is 0.340 e. The fourth-order valence-electron chi connectivity index (χ4n) is 2.33. The van der Waals surface area contributed by atoms with Crippen molar-refractivity contribution in [2.45, 2.75) is 39.2 Å². The zero-order chi connectivity index (χ0) is 19.6. The second kappa shape index (κ2) is 7.54. The molecule has 2 rings (SSSR count). The molecule has 0 spiro atoms. The molecule has 138 valence electrons. The number of Topliss-reactive ketones (excluding diaryl/α,β-unsaturated/α-hetero) is 1. The van der Waals surface area contributed by atoms with Crippen molar-refractivity contribution in [1.29, 1.82) is 0 Å². The predicted octanol–water partition coefficient (Wildman–Crippen LogP) is 5.34. The topological polar surface area (TPSA) is 43.4 Å². The van der Waals surface area contributed by atoms with Gasteiger partial charge < -0.3 is 4.74 Å². The molecule has 0 unspecified atom stereocenters. The summed E-state index contributed by atoms with van der Waals surface area (Å²) >= 11 is 5.74. The van der Waals surface area contributed by atoms with Crippen LogP contribution in [-0.4, -0.2) is 17.9 Å². The first-order chi connectivity index (χ1) is 12.0. The van der Waals surface area contributed by atoms with E-state index in [0.717, 1.165) is 5.56 Å². The lowest BCUT2D eigenvalue weighted by Gasteiger charge is -2.19. The average Bonchev–Trinajstić information content (AvgIpc) is 2.56. The summed E-state index contributed by atoms with van der Waals surface area (Å²) in [5.74, 6) is -3.80. The molecular weight excluding hydrogens is 362 g/mol. The Morgan fingerprint density at radius 1 is 1.04 bits per heavy atom. The molecule has 3 nitrogen and oxygen atoms in total. The molecular formula is C20H19ClF2O3. The van der Waals surface area contributed by atoms with Crippen LogP contribution in [0.4, 0.5) is 8.78 Å². The molecule has 6 heteroatoms. The monoisotopic (exact) mass is 380 g/mol. The highest BCUT2D eigenvalue weighted by molar-refractivity contribution is 6.33. The van der Waals surface area contributed by atoms with Gasteiger partial charge in [0.1, 0.15) is 0 Å². The van der Waals surface area contributed by atoms with Crippen molar-refractivity contribution in [1.82, 2.24) is 0 Å². The number of carbonyl (C=O) groups is 2. The summed E-state index contributed by atoms with van der Waals surface area (Å²) in [6.45, 7) is 7.57. The highest BCUT2D eigenvalue weighted by Gasteiger charge is 2.23. The van der Waals surface area contributed by atoms with E-state index >= 15 is 0 Å². The number of ether oxygens (including phenoxy) is 1. The van der Waals surface area contributed by atoms with Crippen molar-refractivity contribution in [3.05, 3.63) is 69.7 Å². The molecule has 2 aromatic carbocycles. The van der Waals surface area contributed by atoms with E-state index in [1.807, 2.05) is 12.1 Å². The van der Waals surface area contributed by atoms with Crippen LogP contribution in [0.2, 0.25) is 5.02 Å². The molecule has 0 heterocycles. The van der Waals surface area contributed by atoms with Crippen LogP contribution in [0.15, 0.2) is 36.4 Å². The van der Waals surface area contributed by atoms with Crippen LogP contribution in [-0.2, 0) is 10.2 Å². The van der Waals surface area contributed by atoms with Gasteiger partial charge in [-0.25, -0.2) is 13.6 Å². The van der Waals surface area contributed by atoms with Gasteiger partial charge in [-0.2, -0.15) is 0 Å².